The first-order valence-electron chi connectivity index (χ1n) is 7.95. The van der Waals surface area contributed by atoms with Gasteiger partial charge in [-0.25, -0.2) is 4.52 Å². The number of anilines is 2. The first kappa shape index (κ1) is 14.5. The minimum Gasteiger partial charge on any atom is -0.323 e. The first-order valence-corrected chi connectivity index (χ1v) is 7.95. The number of aromatic nitrogens is 3. The maximum absolute atomic E-state index is 4.67. The molecule has 0 aliphatic heterocycles. The van der Waals surface area contributed by atoms with Crippen LogP contribution in [0, 0.1) is 13.8 Å². The molecular weight excluding hydrogens is 296 g/mol. The van der Waals surface area contributed by atoms with Crippen LogP contribution in [-0.2, 0) is 0 Å². The Morgan fingerprint density at radius 2 is 1.50 bits per heavy atom. The molecule has 2 aromatic carbocycles. The highest BCUT2D eigenvalue weighted by Crippen LogP contribution is 2.25. The summed E-state index contributed by atoms with van der Waals surface area (Å²) in [5, 5.41) is 7.79. The molecular formula is C20H18N4. The van der Waals surface area contributed by atoms with E-state index in [0.717, 1.165) is 22.5 Å². The summed E-state index contributed by atoms with van der Waals surface area (Å²) in [6, 6.07) is 20.7. The summed E-state index contributed by atoms with van der Waals surface area (Å²) in [5.74, 6) is 0.596. The minimum atomic E-state index is 0.596. The summed E-state index contributed by atoms with van der Waals surface area (Å²) in [7, 11) is 0. The van der Waals surface area contributed by atoms with Gasteiger partial charge in [0.15, 0.2) is 5.65 Å². The molecule has 0 saturated heterocycles. The molecule has 24 heavy (non-hydrogen) atoms. The molecule has 1 N–H and O–H groups in total. The molecule has 4 rings (SSSR count). The SMILES string of the molecule is Cc1ccc(Nc2nc3c(-c4ccc(C)cc4)cccn3n2)cc1. The summed E-state index contributed by atoms with van der Waals surface area (Å²) < 4.78 is 1.81. The second-order valence-corrected chi connectivity index (χ2v) is 5.98. The van der Waals surface area contributed by atoms with E-state index in [2.05, 4.69) is 71.7 Å². The van der Waals surface area contributed by atoms with E-state index in [1.165, 1.54) is 11.1 Å². The van der Waals surface area contributed by atoms with Crippen molar-refractivity contribution in [2.45, 2.75) is 13.8 Å². The van der Waals surface area contributed by atoms with Crippen molar-refractivity contribution in [3.05, 3.63) is 78.0 Å². The van der Waals surface area contributed by atoms with Crippen LogP contribution >= 0.6 is 0 Å². The van der Waals surface area contributed by atoms with Crippen LogP contribution in [-0.4, -0.2) is 14.6 Å². The maximum Gasteiger partial charge on any atom is 0.247 e. The lowest BCUT2D eigenvalue weighted by Crippen LogP contribution is -1.93. The van der Waals surface area contributed by atoms with Gasteiger partial charge in [0, 0.05) is 17.4 Å². The number of hydrogen-bond acceptors (Lipinski definition) is 3. The molecule has 0 saturated carbocycles. The predicted octanol–water partition coefficient (Wildman–Crippen LogP) is 4.76. The Morgan fingerprint density at radius 1 is 0.833 bits per heavy atom. The van der Waals surface area contributed by atoms with E-state index < -0.39 is 0 Å². The van der Waals surface area contributed by atoms with Gasteiger partial charge in [0.25, 0.3) is 0 Å². The summed E-state index contributed by atoms with van der Waals surface area (Å²) in [5.41, 5.74) is 6.51. The number of nitrogens with one attached hydrogen (secondary N) is 1. The third-order valence-corrected chi connectivity index (χ3v) is 4.03. The van der Waals surface area contributed by atoms with E-state index in [4.69, 9.17) is 0 Å². The third-order valence-electron chi connectivity index (χ3n) is 4.03. The van der Waals surface area contributed by atoms with Crippen molar-refractivity contribution >= 4 is 17.3 Å². The van der Waals surface area contributed by atoms with Gasteiger partial charge in [-0.2, -0.15) is 4.98 Å². The van der Waals surface area contributed by atoms with Crippen molar-refractivity contribution in [2.24, 2.45) is 0 Å². The molecule has 0 bridgehead atoms. The summed E-state index contributed by atoms with van der Waals surface area (Å²) in [6.07, 6.45) is 1.92. The predicted molar refractivity (Wildman–Crippen MR) is 97.6 cm³/mol. The summed E-state index contributed by atoms with van der Waals surface area (Å²) >= 11 is 0. The highest BCUT2D eigenvalue weighted by molar-refractivity contribution is 5.78. The average Bonchev–Trinajstić information content (AvgIpc) is 3.00. The zero-order chi connectivity index (χ0) is 16.5. The van der Waals surface area contributed by atoms with Gasteiger partial charge in [-0.1, -0.05) is 47.5 Å². The van der Waals surface area contributed by atoms with Gasteiger partial charge in [0.1, 0.15) is 0 Å². The van der Waals surface area contributed by atoms with Crippen molar-refractivity contribution in [2.75, 3.05) is 5.32 Å². The van der Waals surface area contributed by atoms with E-state index >= 15 is 0 Å². The van der Waals surface area contributed by atoms with Crippen molar-refractivity contribution in [1.82, 2.24) is 14.6 Å². The van der Waals surface area contributed by atoms with E-state index in [-0.39, 0.29) is 0 Å². The van der Waals surface area contributed by atoms with Crippen LogP contribution in [0.15, 0.2) is 66.9 Å². The molecule has 118 valence electrons. The van der Waals surface area contributed by atoms with Gasteiger partial charge >= 0.3 is 0 Å². The Balaban J connectivity index is 1.74. The van der Waals surface area contributed by atoms with E-state index in [0.29, 0.717) is 5.95 Å². The van der Waals surface area contributed by atoms with Crippen LogP contribution < -0.4 is 5.32 Å². The number of pyridine rings is 1. The van der Waals surface area contributed by atoms with E-state index in [1.54, 1.807) is 0 Å². The second-order valence-electron chi connectivity index (χ2n) is 5.98. The minimum absolute atomic E-state index is 0.596. The lowest BCUT2D eigenvalue weighted by molar-refractivity contribution is 0.966. The molecule has 0 spiro atoms. The first-order chi connectivity index (χ1) is 11.7. The van der Waals surface area contributed by atoms with Gasteiger partial charge < -0.3 is 5.32 Å². The molecule has 0 aliphatic carbocycles. The number of aryl methyl sites for hydroxylation is 2. The number of hydrogen-bond donors (Lipinski definition) is 1. The van der Waals surface area contributed by atoms with Gasteiger partial charge in [0.2, 0.25) is 5.95 Å². The standard InChI is InChI=1S/C20H18N4/c1-14-5-9-16(10-6-14)18-4-3-13-24-19(18)22-20(23-24)21-17-11-7-15(2)8-12-17/h3-13H,1-2H3,(H,21,23). The van der Waals surface area contributed by atoms with Crippen LogP contribution in [0.2, 0.25) is 0 Å². The van der Waals surface area contributed by atoms with Crippen molar-refractivity contribution in [3.8, 4) is 11.1 Å². The number of benzene rings is 2. The molecule has 4 heteroatoms. The van der Waals surface area contributed by atoms with E-state index in [1.807, 2.05) is 28.9 Å². The lowest BCUT2D eigenvalue weighted by Gasteiger charge is -2.03. The fourth-order valence-corrected chi connectivity index (χ4v) is 2.68. The second kappa shape index (κ2) is 5.81. The zero-order valence-corrected chi connectivity index (χ0v) is 13.7. The molecule has 0 unspecified atom stereocenters. The molecule has 0 amide bonds. The van der Waals surface area contributed by atoms with Gasteiger partial charge in [-0.05, 0) is 43.7 Å². The lowest BCUT2D eigenvalue weighted by atomic mass is 10.1. The molecule has 0 atom stereocenters. The highest BCUT2D eigenvalue weighted by atomic mass is 15.3. The van der Waals surface area contributed by atoms with Crippen molar-refractivity contribution in [1.29, 1.82) is 0 Å². The fraction of sp³-hybridized carbons (Fsp3) is 0.100. The maximum atomic E-state index is 4.67. The molecule has 0 aliphatic rings. The van der Waals surface area contributed by atoms with Gasteiger partial charge in [-0.3, -0.25) is 0 Å². The fourth-order valence-electron chi connectivity index (χ4n) is 2.68. The topological polar surface area (TPSA) is 42.2 Å². The van der Waals surface area contributed by atoms with E-state index in [9.17, 15) is 0 Å². The van der Waals surface area contributed by atoms with Gasteiger partial charge in [-0.15, -0.1) is 5.10 Å². The zero-order valence-electron chi connectivity index (χ0n) is 13.7. The Morgan fingerprint density at radius 3 is 2.21 bits per heavy atom. The highest BCUT2D eigenvalue weighted by Gasteiger charge is 2.09. The molecule has 4 aromatic rings. The third kappa shape index (κ3) is 2.74. The normalized spacial score (nSPS) is 10.9. The molecule has 0 fully saturated rings. The average molecular weight is 314 g/mol. The van der Waals surface area contributed by atoms with Crippen LogP contribution in [0.5, 0.6) is 0 Å². The smallest absolute Gasteiger partial charge is 0.247 e. The van der Waals surface area contributed by atoms with Crippen molar-refractivity contribution < 1.29 is 0 Å². The Labute approximate surface area is 140 Å². The number of fused-ring (bicyclic) bond motifs is 1. The van der Waals surface area contributed by atoms with Crippen LogP contribution in [0.25, 0.3) is 16.8 Å². The van der Waals surface area contributed by atoms with Gasteiger partial charge in [0.05, 0.1) is 0 Å². The largest absolute Gasteiger partial charge is 0.323 e. The Kier molecular flexibility index (Phi) is 3.50. The van der Waals surface area contributed by atoms with Crippen molar-refractivity contribution in [3.63, 3.8) is 0 Å². The molecule has 2 aromatic heterocycles. The number of nitrogens with zero attached hydrogens (tertiary/aromatic N) is 3. The van der Waals surface area contributed by atoms with Crippen LogP contribution in [0.4, 0.5) is 11.6 Å². The molecule has 0 radical (unpaired) electrons. The summed E-state index contributed by atoms with van der Waals surface area (Å²) in [4.78, 5) is 4.67. The summed E-state index contributed by atoms with van der Waals surface area (Å²) in [6.45, 7) is 4.16. The Bertz CT molecular complexity index is 983. The molecule has 4 nitrogen and oxygen atoms in total. The van der Waals surface area contributed by atoms with Crippen LogP contribution in [0.1, 0.15) is 11.1 Å². The molecule has 2 heterocycles. The monoisotopic (exact) mass is 314 g/mol. The Hall–Kier alpha value is -3.14. The number of rotatable bonds is 3. The quantitative estimate of drug-likeness (QED) is 0.593. The van der Waals surface area contributed by atoms with Crippen LogP contribution in [0.3, 0.4) is 0 Å².